The minimum absolute atomic E-state index is 0.0520. The number of carbonyl (C=O) groups is 2. The molecule has 2 aromatic carbocycles. The average molecular weight is 442 g/mol. The molecule has 1 aliphatic heterocycles. The van der Waals surface area contributed by atoms with Crippen LogP contribution in [0.2, 0.25) is 0 Å². The van der Waals surface area contributed by atoms with Gasteiger partial charge in [0.1, 0.15) is 5.75 Å². The molecule has 2 heterocycles. The molecule has 9 heteroatoms. The van der Waals surface area contributed by atoms with E-state index in [2.05, 4.69) is 4.98 Å². The van der Waals surface area contributed by atoms with Gasteiger partial charge in [-0.1, -0.05) is 12.1 Å². The van der Waals surface area contributed by atoms with Gasteiger partial charge in [-0.25, -0.2) is 13.8 Å². The van der Waals surface area contributed by atoms with Crippen LogP contribution in [0.4, 0.5) is 14.5 Å². The largest absolute Gasteiger partial charge is 0.508 e. The third-order valence-electron chi connectivity index (χ3n) is 4.93. The van der Waals surface area contributed by atoms with E-state index in [9.17, 15) is 28.6 Å². The number of Topliss-reactive ketones (excluding diaryl/α,β-unsaturated/α-hetero) is 1. The number of benzene rings is 2. The highest BCUT2D eigenvalue weighted by Crippen LogP contribution is 2.43. The number of anilines is 1. The van der Waals surface area contributed by atoms with Crippen LogP contribution in [0, 0.1) is 25.5 Å². The molecule has 0 aliphatic carbocycles. The van der Waals surface area contributed by atoms with Gasteiger partial charge in [-0.05, 0) is 43.7 Å². The Labute approximate surface area is 179 Å². The van der Waals surface area contributed by atoms with E-state index in [0.717, 1.165) is 28.4 Å². The van der Waals surface area contributed by atoms with Gasteiger partial charge in [0.15, 0.2) is 17.4 Å². The Morgan fingerprint density at radius 1 is 1.10 bits per heavy atom. The standard InChI is InChI=1S/C22H16F2N2O4S/c1-10-21(31-11(2)25-10)19(28)17-18(12-4-3-5-14(27)8-12)26(22(30)20(17)29)13-6-7-15(23)16(24)9-13/h3-9,18,27,29H,1-2H3. The molecule has 0 radical (unpaired) electrons. The van der Waals surface area contributed by atoms with E-state index in [-0.39, 0.29) is 21.9 Å². The smallest absolute Gasteiger partial charge is 0.294 e. The lowest BCUT2D eigenvalue weighted by atomic mass is 9.94. The molecule has 0 fully saturated rings. The molecule has 4 rings (SSSR count). The van der Waals surface area contributed by atoms with E-state index in [0.29, 0.717) is 16.3 Å². The zero-order valence-corrected chi connectivity index (χ0v) is 17.2. The maximum atomic E-state index is 13.9. The fraction of sp³-hybridized carbons (Fsp3) is 0.136. The molecule has 1 unspecified atom stereocenters. The highest BCUT2D eigenvalue weighted by atomic mass is 32.1. The first kappa shape index (κ1) is 20.7. The summed E-state index contributed by atoms with van der Waals surface area (Å²) < 4.78 is 27.4. The van der Waals surface area contributed by atoms with Crippen LogP contribution in [0.15, 0.2) is 53.8 Å². The monoisotopic (exact) mass is 442 g/mol. The minimum atomic E-state index is -1.19. The second-order valence-corrected chi connectivity index (χ2v) is 8.21. The van der Waals surface area contributed by atoms with Crippen molar-refractivity contribution in [2.75, 3.05) is 4.90 Å². The third kappa shape index (κ3) is 3.46. The van der Waals surface area contributed by atoms with Gasteiger partial charge in [-0.2, -0.15) is 0 Å². The number of hydrogen-bond donors (Lipinski definition) is 2. The van der Waals surface area contributed by atoms with Crippen molar-refractivity contribution in [3.8, 4) is 5.75 Å². The molecule has 158 valence electrons. The number of hydrogen-bond acceptors (Lipinski definition) is 6. The molecule has 1 amide bonds. The number of aromatic hydroxyl groups is 1. The summed E-state index contributed by atoms with van der Waals surface area (Å²) in [5, 5.41) is 21.2. The Bertz CT molecular complexity index is 1270. The molecule has 1 aromatic heterocycles. The van der Waals surface area contributed by atoms with E-state index >= 15 is 0 Å². The van der Waals surface area contributed by atoms with Gasteiger partial charge in [-0.15, -0.1) is 11.3 Å². The number of ketones is 1. The normalized spacial score (nSPS) is 16.3. The number of phenols is 1. The SMILES string of the molecule is Cc1nc(C)c(C(=O)C2=C(O)C(=O)N(c3ccc(F)c(F)c3)C2c2cccc(O)c2)s1. The van der Waals surface area contributed by atoms with Crippen molar-refractivity contribution < 1.29 is 28.6 Å². The van der Waals surface area contributed by atoms with E-state index in [1.165, 1.54) is 24.3 Å². The number of carbonyl (C=O) groups excluding carboxylic acids is 2. The first-order chi connectivity index (χ1) is 14.7. The van der Waals surface area contributed by atoms with E-state index in [4.69, 9.17) is 0 Å². The van der Waals surface area contributed by atoms with Gasteiger partial charge in [0.25, 0.3) is 5.91 Å². The first-order valence-electron chi connectivity index (χ1n) is 9.18. The lowest BCUT2D eigenvalue weighted by molar-refractivity contribution is -0.117. The number of rotatable bonds is 4. The highest BCUT2D eigenvalue weighted by molar-refractivity contribution is 7.14. The van der Waals surface area contributed by atoms with Gasteiger partial charge in [0.2, 0.25) is 5.78 Å². The molecular weight excluding hydrogens is 426 g/mol. The lowest BCUT2D eigenvalue weighted by Crippen LogP contribution is -2.31. The average Bonchev–Trinajstić information content (AvgIpc) is 3.19. The van der Waals surface area contributed by atoms with Crippen LogP contribution in [0.3, 0.4) is 0 Å². The van der Waals surface area contributed by atoms with Crippen LogP contribution in [0.25, 0.3) is 0 Å². The zero-order chi connectivity index (χ0) is 22.4. The summed E-state index contributed by atoms with van der Waals surface area (Å²) in [5.41, 5.74) is 0.474. The second-order valence-electron chi connectivity index (χ2n) is 7.01. The molecule has 6 nitrogen and oxygen atoms in total. The number of aryl methyl sites for hydroxylation is 2. The van der Waals surface area contributed by atoms with Crippen molar-refractivity contribution in [1.29, 1.82) is 0 Å². The number of amides is 1. The maximum absolute atomic E-state index is 13.9. The Balaban J connectivity index is 1.92. The van der Waals surface area contributed by atoms with Crippen molar-refractivity contribution in [2.45, 2.75) is 19.9 Å². The summed E-state index contributed by atoms with van der Waals surface area (Å²) in [6.07, 6.45) is 0. The summed E-state index contributed by atoms with van der Waals surface area (Å²) in [6.45, 7) is 3.37. The molecule has 1 aliphatic rings. The van der Waals surface area contributed by atoms with Crippen LogP contribution in [-0.2, 0) is 4.79 Å². The summed E-state index contributed by atoms with van der Waals surface area (Å²) >= 11 is 1.12. The van der Waals surface area contributed by atoms with Crippen molar-refractivity contribution in [3.05, 3.63) is 86.6 Å². The Morgan fingerprint density at radius 2 is 1.84 bits per heavy atom. The van der Waals surface area contributed by atoms with Crippen LogP contribution in [0.1, 0.15) is 32.0 Å². The Kier molecular flexibility index (Phi) is 5.06. The van der Waals surface area contributed by atoms with Gasteiger partial charge in [0.05, 0.1) is 27.2 Å². The molecular formula is C22H16F2N2O4S. The van der Waals surface area contributed by atoms with Crippen molar-refractivity contribution in [1.82, 2.24) is 4.98 Å². The van der Waals surface area contributed by atoms with Gasteiger partial charge < -0.3 is 10.2 Å². The number of nitrogens with zero attached hydrogens (tertiary/aromatic N) is 2. The van der Waals surface area contributed by atoms with Crippen LogP contribution in [-0.4, -0.2) is 26.9 Å². The van der Waals surface area contributed by atoms with Crippen LogP contribution < -0.4 is 4.90 Å². The van der Waals surface area contributed by atoms with E-state index < -0.39 is 35.1 Å². The number of aliphatic hydroxyl groups excluding tert-OH is 1. The van der Waals surface area contributed by atoms with Gasteiger partial charge >= 0.3 is 0 Å². The van der Waals surface area contributed by atoms with Crippen molar-refractivity contribution in [2.24, 2.45) is 0 Å². The van der Waals surface area contributed by atoms with E-state index in [1.807, 2.05) is 0 Å². The number of phenolic OH excluding ortho intramolecular Hbond substituents is 1. The summed E-state index contributed by atoms with van der Waals surface area (Å²) in [5.74, 6) is -4.76. The predicted molar refractivity (Wildman–Crippen MR) is 110 cm³/mol. The maximum Gasteiger partial charge on any atom is 0.294 e. The quantitative estimate of drug-likeness (QED) is 0.580. The molecule has 0 spiro atoms. The lowest BCUT2D eigenvalue weighted by Gasteiger charge is -2.27. The highest BCUT2D eigenvalue weighted by Gasteiger charge is 2.45. The summed E-state index contributed by atoms with van der Waals surface area (Å²) in [4.78, 5) is 31.8. The summed E-state index contributed by atoms with van der Waals surface area (Å²) in [7, 11) is 0. The molecule has 2 N–H and O–H groups in total. The topological polar surface area (TPSA) is 90.7 Å². The summed E-state index contributed by atoms with van der Waals surface area (Å²) in [6, 6.07) is 7.48. The van der Waals surface area contributed by atoms with Crippen molar-refractivity contribution in [3.63, 3.8) is 0 Å². The number of aliphatic hydroxyl groups is 1. The number of aromatic nitrogens is 1. The number of halogens is 2. The molecule has 0 bridgehead atoms. The van der Waals surface area contributed by atoms with Crippen LogP contribution >= 0.6 is 11.3 Å². The second kappa shape index (κ2) is 7.59. The third-order valence-corrected chi connectivity index (χ3v) is 6.00. The first-order valence-corrected chi connectivity index (χ1v) is 10.00. The zero-order valence-electron chi connectivity index (χ0n) is 16.4. The Morgan fingerprint density at radius 3 is 2.45 bits per heavy atom. The minimum Gasteiger partial charge on any atom is -0.508 e. The van der Waals surface area contributed by atoms with Crippen LogP contribution in [0.5, 0.6) is 5.75 Å². The molecule has 1 atom stereocenters. The number of thiazole rings is 1. The van der Waals surface area contributed by atoms with Gasteiger partial charge in [-0.3, -0.25) is 14.5 Å². The molecule has 3 aromatic rings. The fourth-order valence-corrected chi connectivity index (χ4v) is 4.49. The fourth-order valence-electron chi connectivity index (χ4n) is 3.61. The predicted octanol–water partition coefficient (Wildman–Crippen LogP) is 4.53. The van der Waals surface area contributed by atoms with Crippen molar-refractivity contribution >= 4 is 28.7 Å². The van der Waals surface area contributed by atoms with Gasteiger partial charge in [0, 0.05) is 11.8 Å². The molecule has 0 saturated carbocycles. The molecule has 31 heavy (non-hydrogen) atoms. The Hall–Kier alpha value is -3.59. The molecule has 0 saturated heterocycles. The van der Waals surface area contributed by atoms with E-state index in [1.54, 1.807) is 19.9 Å².